The highest BCUT2D eigenvalue weighted by Crippen LogP contribution is 2.37. The van der Waals surface area contributed by atoms with Gasteiger partial charge in [0.2, 0.25) is 10.0 Å². The van der Waals surface area contributed by atoms with Crippen molar-refractivity contribution in [3.05, 3.63) is 85.4 Å². The van der Waals surface area contributed by atoms with Crippen molar-refractivity contribution in [2.75, 3.05) is 18.1 Å². The molecule has 0 aliphatic rings. The van der Waals surface area contributed by atoms with Crippen LogP contribution in [0.1, 0.15) is 43.0 Å². The summed E-state index contributed by atoms with van der Waals surface area (Å²) in [4.78, 5) is 26.0. The van der Waals surface area contributed by atoms with Crippen molar-refractivity contribution in [1.29, 1.82) is 0 Å². The Balaban J connectivity index is 2.31. The highest BCUT2D eigenvalue weighted by atomic mass is 32.2. The van der Waals surface area contributed by atoms with Crippen molar-refractivity contribution in [2.24, 2.45) is 0 Å². The molecule has 0 atom stereocenters. The van der Waals surface area contributed by atoms with E-state index in [1.54, 1.807) is 10.8 Å². The lowest BCUT2D eigenvalue weighted by Gasteiger charge is -2.24. The van der Waals surface area contributed by atoms with E-state index in [4.69, 9.17) is 4.74 Å². The van der Waals surface area contributed by atoms with E-state index in [2.05, 4.69) is 16.8 Å². The molecule has 0 amide bonds. The van der Waals surface area contributed by atoms with Crippen LogP contribution in [0.2, 0.25) is 0 Å². The number of hydrogen-bond acceptors (Lipinski definition) is 5. The second kappa shape index (κ2) is 10.0. The van der Waals surface area contributed by atoms with Crippen LogP contribution in [0.15, 0.2) is 46.1 Å². The Labute approximate surface area is 215 Å². The molecule has 0 unspecified atom stereocenters. The molecule has 0 radical (unpaired) electrons. The minimum Gasteiger partial charge on any atom is -0.495 e. The molecule has 0 saturated carbocycles. The Kier molecular flexibility index (Phi) is 7.52. The topological polar surface area (TPSA) is 110 Å². The lowest BCUT2D eigenvalue weighted by atomic mass is 9.84. The van der Waals surface area contributed by atoms with Crippen LogP contribution in [0, 0.1) is 17.7 Å². The van der Waals surface area contributed by atoms with Gasteiger partial charge in [-0.15, -0.1) is 0 Å². The maximum atomic E-state index is 14.5. The molecule has 0 aliphatic carbocycles. The van der Waals surface area contributed by atoms with Gasteiger partial charge >= 0.3 is 11.9 Å². The number of hydrogen-bond donors (Lipinski definition) is 2. The van der Waals surface area contributed by atoms with E-state index in [-0.39, 0.29) is 17.0 Å². The smallest absolute Gasteiger partial charge is 0.417 e. The Bertz CT molecular complexity index is 1690. The number of ether oxygens (including phenoxy) is 1. The van der Waals surface area contributed by atoms with E-state index >= 15 is 0 Å². The van der Waals surface area contributed by atoms with Gasteiger partial charge in [-0.25, -0.2) is 17.6 Å². The number of nitrogens with zero attached hydrogens (tertiary/aromatic N) is 1. The number of aromatic nitrogens is 2. The molecule has 8 nitrogen and oxygen atoms in total. The summed E-state index contributed by atoms with van der Waals surface area (Å²) in [5.74, 6) is 3.84. The normalized spacial score (nSPS) is 12.0. The Morgan fingerprint density at radius 2 is 1.63 bits per heavy atom. The maximum Gasteiger partial charge on any atom is 0.417 e. The Morgan fingerprint density at radius 3 is 2.16 bits per heavy atom. The molecule has 2 N–H and O–H groups in total. The molecule has 0 fully saturated rings. The summed E-state index contributed by atoms with van der Waals surface area (Å²) in [5, 5.41) is 0. The van der Waals surface area contributed by atoms with Crippen molar-refractivity contribution in [2.45, 2.75) is 32.4 Å². The van der Waals surface area contributed by atoms with Gasteiger partial charge in [-0.05, 0) is 29.7 Å². The standard InChI is InChI=1S/C25H23F4N3O5S/c1-24(2,3)18-12-16(32-9-8-21(33)30-23(32)34)10-15(22(18)37-4)7-6-14-11-19(26)20(31-38(5,35)36)13-17(14)25(27,28)29/h8-13,31H,1-5H3,(H,30,33,34). The fourth-order valence-corrected chi connectivity index (χ4v) is 4.12. The molecule has 1 heterocycles. The average molecular weight is 554 g/mol. The summed E-state index contributed by atoms with van der Waals surface area (Å²) in [6.45, 7) is 5.52. The number of sulfonamides is 1. The number of nitrogens with one attached hydrogen (secondary N) is 2. The van der Waals surface area contributed by atoms with Crippen LogP contribution in [-0.2, 0) is 21.6 Å². The average Bonchev–Trinajstić information content (AvgIpc) is 2.76. The first kappa shape index (κ1) is 28.5. The molecular weight excluding hydrogens is 530 g/mol. The number of rotatable bonds is 4. The fraction of sp³-hybridized carbons (Fsp3) is 0.280. The van der Waals surface area contributed by atoms with Gasteiger partial charge < -0.3 is 4.74 Å². The van der Waals surface area contributed by atoms with E-state index in [0.717, 1.165) is 10.6 Å². The van der Waals surface area contributed by atoms with Crippen LogP contribution in [0.5, 0.6) is 5.75 Å². The number of benzene rings is 2. The van der Waals surface area contributed by atoms with Crippen LogP contribution in [0.3, 0.4) is 0 Å². The highest BCUT2D eigenvalue weighted by molar-refractivity contribution is 7.92. The van der Waals surface area contributed by atoms with Gasteiger partial charge in [-0.2, -0.15) is 13.2 Å². The summed E-state index contributed by atoms with van der Waals surface area (Å²) in [6, 6.07) is 4.93. The van der Waals surface area contributed by atoms with Gasteiger partial charge in [-0.1, -0.05) is 32.6 Å². The lowest BCUT2D eigenvalue weighted by molar-refractivity contribution is -0.137. The second-order valence-electron chi connectivity index (χ2n) is 9.30. The zero-order valence-electron chi connectivity index (χ0n) is 20.9. The van der Waals surface area contributed by atoms with Gasteiger partial charge in [0.1, 0.15) is 11.6 Å². The Morgan fingerprint density at radius 1 is 1.00 bits per heavy atom. The van der Waals surface area contributed by atoms with E-state index < -0.39 is 55.5 Å². The zero-order valence-corrected chi connectivity index (χ0v) is 21.7. The molecule has 0 spiro atoms. The van der Waals surface area contributed by atoms with Crippen molar-refractivity contribution in [3.63, 3.8) is 0 Å². The van der Waals surface area contributed by atoms with Crippen LogP contribution in [0.4, 0.5) is 23.2 Å². The van der Waals surface area contributed by atoms with Gasteiger partial charge in [0.05, 0.1) is 35.9 Å². The van der Waals surface area contributed by atoms with Crippen LogP contribution >= 0.6 is 0 Å². The predicted molar refractivity (Wildman–Crippen MR) is 134 cm³/mol. The molecule has 3 aromatic rings. The van der Waals surface area contributed by atoms with Crippen LogP contribution < -0.4 is 20.7 Å². The summed E-state index contributed by atoms with van der Waals surface area (Å²) >= 11 is 0. The number of methoxy groups -OCH3 is 1. The van der Waals surface area contributed by atoms with E-state index in [9.17, 15) is 35.6 Å². The molecule has 202 valence electrons. The highest BCUT2D eigenvalue weighted by Gasteiger charge is 2.34. The molecule has 3 rings (SSSR count). The molecule has 1 aromatic heterocycles. The number of aromatic amines is 1. The zero-order chi connectivity index (χ0) is 28.6. The SMILES string of the molecule is COc1c(C#Cc2cc(F)c(NS(C)(=O)=O)cc2C(F)(F)F)cc(-n2ccc(=O)[nH]c2=O)cc1C(C)(C)C. The third kappa shape index (κ3) is 6.44. The maximum absolute atomic E-state index is 14.5. The van der Waals surface area contributed by atoms with Crippen LogP contribution in [0.25, 0.3) is 5.69 Å². The van der Waals surface area contributed by atoms with Crippen molar-refractivity contribution in [1.82, 2.24) is 9.55 Å². The van der Waals surface area contributed by atoms with Gasteiger partial charge in [0, 0.05) is 23.4 Å². The first-order chi connectivity index (χ1) is 17.4. The molecule has 0 aliphatic heterocycles. The summed E-state index contributed by atoms with van der Waals surface area (Å²) in [6.07, 6.45) is -3.08. The first-order valence-electron chi connectivity index (χ1n) is 10.9. The minimum absolute atomic E-state index is 0.0832. The second-order valence-corrected chi connectivity index (χ2v) is 11.1. The first-order valence-corrected chi connectivity index (χ1v) is 12.8. The molecule has 13 heteroatoms. The van der Waals surface area contributed by atoms with Crippen LogP contribution in [-0.4, -0.2) is 31.3 Å². The molecule has 2 aromatic carbocycles. The van der Waals surface area contributed by atoms with Gasteiger partial charge in [-0.3, -0.25) is 19.1 Å². The minimum atomic E-state index is -4.99. The molecule has 0 bridgehead atoms. The van der Waals surface area contributed by atoms with Crippen molar-refractivity contribution < 1.29 is 30.7 Å². The quantitative estimate of drug-likeness (QED) is 0.378. The Hall–Kier alpha value is -4.05. The van der Waals surface area contributed by atoms with E-state index in [1.807, 2.05) is 20.8 Å². The van der Waals surface area contributed by atoms with Gasteiger partial charge in [0.15, 0.2) is 0 Å². The molecule has 0 saturated heterocycles. The monoisotopic (exact) mass is 553 g/mol. The van der Waals surface area contributed by atoms with E-state index in [1.165, 1.54) is 19.4 Å². The van der Waals surface area contributed by atoms with Gasteiger partial charge in [0.25, 0.3) is 5.56 Å². The summed E-state index contributed by atoms with van der Waals surface area (Å²) < 4.78 is 87.1. The van der Waals surface area contributed by atoms with Crippen molar-refractivity contribution >= 4 is 15.7 Å². The number of anilines is 1. The fourth-order valence-electron chi connectivity index (χ4n) is 3.57. The summed E-state index contributed by atoms with van der Waals surface area (Å²) in [7, 11) is -2.71. The van der Waals surface area contributed by atoms with E-state index in [0.29, 0.717) is 24.0 Å². The summed E-state index contributed by atoms with van der Waals surface area (Å²) in [5.41, 5.74) is -4.06. The third-order valence-corrected chi connectivity index (χ3v) is 5.82. The lowest BCUT2D eigenvalue weighted by Crippen LogP contribution is -2.28. The largest absolute Gasteiger partial charge is 0.495 e. The molecule has 38 heavy (non-hydrogen) atoms. The number of alkyl halides is 3. The molecular formula is C25H23F4N3O5S. The predicted octanol–water partition coefficient (Wildman–Crippen LogP) is 3.76. The third-order valence-electron chi connectivity index (χ3n) is 5.23. The number of halogens is 4. The van der Waals surface area contributed by atoms with Crippen molar-refractivity contribution in [3.8, 4) is 23.3 Å². The number of H-pyrrole nitrogens is 1.